The van der Waals surface area contributed by atoms with Gasteiger partial charge in [-0.25, -0.2) is 0 Å². The summed E-state index contributed by atoms with van der Waals surface area (Å²) in [5.74, 6) is -0.219. The van der Waals surface area contributed by atoms with Crippen LogP contribution in [-0.4, -0.2) is 17.9 Å². The third-order valence-electron chi connectivity index (χ3n) is 4.17. The van der Waals surface area contributed by atoms with E-state index in [0.29, 0.717) is 13.0 Å². The largest absolute Gasteiger partial charge is 0.350 e. The highest BCUT2D eigenvalue weighted by molar-refractivity contribution is 6.02. The predicted octanol–water partition coefficient (Wildman–Crippen LogP) is 2.59. The number of hydrogen-bond donors (Lipinski definition) is 1. The summed E-state index contributed by atoms with van der Waals surface area (Å²) in [5.41, 5.74) is 4.10. The van der Waals surface area contributed by atoms with Crippen LogP contribution in [0.2, 0.25) is 0 Å². The average Bonchev–Trinajstić information content (AvgIpc) is 2.92. The zero-order valence-electron chi connectivity index (χ0n) is 13.4. The summed E-state index contributed by atoms with van der Waals surface area (Å²) in [6.07, 6.45) is 0.565. The summed E-state index contributed by atoms with van der Waals surface area (Å²) in [6, 6.07) is 15.3. The minimum Gasteiger partial charge on any atom is -0.350 e. The fourth-order valence-electron chi connectivity index (χ4n) is 3.11. The molecular formula is C19H20N2O2. The van der Waals surface area contributed by atoms with Gasteiger partial charge in [-0.1, -0.05) is 48.0 Å². The Balaban J connectivity index is 1.73. The molecule has 0 bridgehead atoms. The highest BCUT2D eigenvalue weighted by atomic mass is 16.2. The van der Waals surface area contributed by atoms with Crippen LogP contribution in [0.4, 0.5) is 5.69 Å². The smallest absolute Gasteiger partial charge is 0.243 e. The lowest BCUT2D eigenvalue weighted by Gasteiger charge is -2.23. The zero-order chi connectivity index (χ0) is 16.4. The fraction of sp³-hybridized carbons (Fsp3) is 0.263. The van der Waals surface area contributed by atoms with Crippen molar-refractivity contribution in [1.29, 1.82) is 0 Å². The van der Waals surface area contributed by atoms with Crippen molar-refractivity contribution in [3.63, 3.8) is 0 Å². The van der Waals surface area contributed by atoms with Crippen molar-refractivity contribution in [2.45, 2.75) is 32.9 Å². The van der Waals surface area contributed by atoms with Gasteiger partial charge in [0.2, 0.25) is 11.8 Å². The quantitative estimate of drug-likeness (QED) is 0.947. The van der Waals surface area contributed by atoms with Crippen molar-refractivity contribution < 1.29 is 9.59 Å². The second kappa shape index (κ2) is 6.24. The van der Waals surface area contributed by atoms with Crippen LogP contribution in [0.5, 0.6) is 0 Å². The topological polar surface area (TPSA) is 49.4 Å². The number of benzene rings is 2. The Hall–Kier alpha value is -2.62. The number of hydrogen-bond acceptors (Lipinski definition) is 2. The van der Waals surface area contributed by atoms with Gasteiger partial charge in [-0.15, -0.1) is 0 Å². The van der Waals surface area contributed by atoms with Gasteiger partial charge < -0.3 is 5.32 Å². The monoisotopic (exact) mass is 308 g/mol. The van der Waals surface area contributed by atoms with Crippen molar-refractivity contribution in [3.05, 3.63) is 65.2 Å². The summed E-state index contributed by atoms with van der Waals surface area (Å²) in [4.78, 5) is 26.2. The molecule has 0 saturated heterocycles. The Morgan fingerprint density at radius 3 is 2.70 bits per heavy atom. The summed E-state index contributed by atoms with van der Waals surface area (Å²) in [7, 11) is 0. The summed E-state index contributed by atoms with van der Waals surface area (Å²) >= 11 is 0. The van der Waals surface area contributed by atoms with Crippen LogP contribution in [0.3, 0.4) is 0 Å². The van der Waals surface area contributed by atoms with Crippen LogP contribution in [0.1, 0.15) is 23.6 Å². The first-order valence-electron chi connectivity index (χ1n) is 7.77. The Labute approximate surface area is 136 Å². The molecule has 1 atom stereocenters. The van der Waals surface area contributed by atoms with Crippen LogP contribution in [0, 0.1) is 6.92 Å². The number of anilines is 1. The Morgan fingerprint density at radius 2 is 1.96 bits per heavy atom. The average molecular weight is 308 g/mol. The molecule has 2 aromatic rings. The molecule has 2 aromatic carbocycles. The lowest BCUT2D eigenvalue weighted by atomic mass is 10.1. The van der Waals surface area contributed by atoms with Gasteiger partial charge in [-0.2, -0.15) is 0 Å². The predicted molar refractivity (Wildman–Crippen MR) is 90.1 cm³/mol. The van der Waals surface area contributed by atoms with Gasteiger partial charge in [0, 0.05) is 25.6 Å². The molecule has 4 heteroatoms. The molecule has 4 nitrogen and oxygen atoms in total. The van der Waals surface area contributed by atoms with E-state index in [-0.39, 0.29) is 11.8 Å². The number of carbonyl (C=O) groups excluding carboxylic acids is 2. The summed E-state index contributed by atoms with van der Waals surface area (Å²) in [6.45, 7) is 4.00. The third-order valence-corrected chi connectivity index (χ3v) is 4.17. The molecule has 0 saturated carbocycles. The molecule has 2 amide bonds. The number of para-hydroxylation sites is 1. The van der Waals surface area contributed by atoms with Crippen LogP contribution in [-0.2, 0) is 22.6 Å². The minimum atomic E-state index is -0.463. The molecule has 118 valence electrons. The van der Waals surface area contributed by atoms with Gasteiger partial charge in [0.05, 0.1) is 0 Å². The summed E-state index contributed by atoms with van der Waals surface area (Å²) in [5, 5.41) is 2.95. The van der Waals surface area contributed by atoms with Crippen molar-refractivity contribution in [3.8, 4) is 0 Å². The van der Waals surface area contributed by atoms with E-state index in [1.807, 2.05) is 55.5 Å². The van der Waals surface area contributed by atoms with Crippen LogP contribution < -0.4 is 10.2 Å². The molecule has 23 heavy (non-hydrogen) atoms. The number of carbonyl (C=O) groups is 2. The first kappa shape index (κ1) is 15.3. The number of rotatable bonds is 3. The molecule has 0 aliphatic carbocycles. The van der Waals surface area contributed by atoms with Crippen LogP contribution in [0.25, 0.3) is 0 Å². The second-order valence-corrected chi connectivity index (χ2v) is 5.94. The van der Waals surface area contributed by atoms with Crippen molar-refractivity contribution in [2.75, 3.05) is 4.90 Å². The number of amides is 2. The molecule has 0 unspecified atom stereocenters. The Bertz CT molecular complexity index is 755. The van der Waals surface area contributed by atoms with E-state index in [9.17, 15) is 9.59 Å². The molecule has 1 heterocycles. The van der Waals surface area contributed by atoms with Gasteiger partial charge in [0.1, 0.15) is 6.04 Å². The first-order chi connectivity index (χ1) is 11.1. The van der Waals surface area contributed by atoms with Gasteiger partial charge in [0.25, 0.3) is 0 Å². The molecule has 1 aliphatic rings. The van der Waals surface area contributed by atoms with Gasteiger partial charge in [-0.3, -0.25) is 14.5 Å². The Kier molecular flexibility index (Phi) is 4.15. The van der Waals surface area contributed by atoms with E-state index in [0.717, 1.165) is 22.4 Å². The van der Waals surface area contributed by atoms with E-state index in [1.54, 1.807) is 4.90 Å². The van der Waals surface area contributed by atoms with Gasteiger partial charge in [-0.05, 0) is 24.1 Å². The highest BCUT2D eigenvalue weighted by Gasteiger charge is 2.36. The van der Waals surface area contributed by atoms with Gasteiger partial charge in [0.15, 0.2) is 0 Å². The molecular weight excluding hydrogens is 288 g/mol. The standard InChI is InChI=1S/C19H20N2O2/c1-13-6-5-7-15(10-13)12-20-19(23)18-11-16-8-3-4-9-17(16)21(18)14(2)22/h3-10,18H,11-12H2,1-2H3,(H,20,23)/t18-/m0/s1. The van der Waals surface area contributed by atoms with E-state index in [2.05, 4.69) is 5.32 Å². The highest BCUT2D eigenvalue weighted by Crippen LogP contribution is 2.32. The Morgan fingerprint density at radius 1 is 1.17 bits per heavy atom. The zero-order valence-corrected chi connectivity index (χ0v) is 13.4. The fourth-order valence-corrected chi connectivity index (χ4v) is 3.11. The molecule has 1 N–H and O–H groups in total. The van der Waals surface area contributed by atoms with Crippen molar-refractivity contribution in [1.82, 2.24) is 5.32 Å². The van der Waals surface area contributed by atoms with E-state index in [1.165, 1.54) is 6.92 Å². The maximum Gasteiger partial charge on any atom is 0.243 e. The number of aryl methyl sites for hydroxylation is 1. The maximum absolute atomic E-state index is 12.6. The van der Waals surface area contributed by atoms with Crippen LogP contribution >= 0.6 is 0 Å². The maximum atomic E-state index is 12.6. The summed E-state index contributed by atoms with van der Waals surface area (Å²) < 4.78 is 0. The third kappa shape index (κ3) is 3.11. The van der Waals surface area contributed by atoms with Crippen molar-refractivity contribution in [2.24, 2.45) is 0 Å². The van der Waals surface area contributed by atoms with E-state index < -0.39 is 6.04 Å². The minimum absolute atomic E-state index is 0.106. The molecule has 0 spiro atoms. The van der Waals surface area contributed by atoms with E-state index in [4.69, 9.17) is 0 Å². The lowest BCUT2D eigenvalue weighted by molar-refractivity contribution is -0.125. The number of nitrogens with one attached hydrogen (secondary N) is 1. The molecule has 0 radical (unpaired) electrons. The number of fused-ring (bicyclic) bond motifs is 1. The van der Waals surface area contributed by atoms with Crippen molar-refractivity contribution >= 4 is 17.5 Å². The molecule has 3 rings (SSSR count). The molecule has 0 fully saturated rings. The SMILES string of the molecule is CC(=O)N1c2ccccc2C[C@H]1C(=O)NCc1cccc(C)c1. The van der Waals surface area contributed by atoms with Crippen LogP contribution in [0.15, 0.2) is 48.5 Å². The normalized spacial score (nSPS) is 16.1. The second-order valence-electron chi connectivity index (χ2n) is 5.94. The number of nitrogens with zero attached hydrogens (tertiary/aromatic N) is 1. The molecule has 1 aliphatic heterocycles. The van der Waals surface area contributed by atoms with Gasteiger partial charge >= 0.3 is 0 Å². The molecule has 0 aromatic heterocycles. The lowest BCUT2D eigenvalue weighted by Crippen LogP contribution is -2.47. The first-order valence-corrected chi connectivity index (χ1v) is 7.77. The van der Waals surface area contributed by atoms with E-state index >= 15 is 0 Å².